The average Bonchev–Trinajstić information content (AvgIpc) is 3.33. The fraction of sp³-hybridized carbons (Fsp3) is 0.148. The normalized spacial score (nSPS) is 11.2. The van der Waals surface area contributed by atoms with Crippen molar-refractivity contribution in [2.24, 2.45) is 0 Å². The second-order valence-corrected chi connectivity index (χ2v) is 7.90. The number of hydrogen-bond acceptors (Lipinski definition) is 2. The lowest BCUT2D eigenvalue weighted by atomic mass is 10.1. The molecule has 0 radical (unpaired) electrons. The van der Waals surface area contributed by atoms with E-state index in [1.54, 1.807) is 7.11 Å². The Bertz CT molecular complexity index is 1330. The molecule has 0 N–H and O–H groups in total. The van der Waals surface area contributed by atoms with Crippen LogP contribution in [0, 0.1) is 13.8 Å². The van der Waals surface area contributed by atoms with Gasteiger partial charge in [-0.3, -0.25) is 4.40 Å². The number of aromatic nitrogens is 3. The second kappa shape index (κ2) is 7.80. The third-order valence-electron chi connectivity index (χ3n) is 5.77. The van der Waals surface area contributed by atoms with E-state index in [2.05, 4.69) is 89.7 Å². The molecule has 0 saturated carbocycles. The van der Waals surface area contributed by atoms with Crippen LogP contribution in [0.15, 0.2) is 85.1 Å². The van der Waals surface area contributed by atoms with Gasteiger partial charge in [0.25, 0.3) is 0 Å². The minimum atomic E-state index is 0.740. The van der Waals surface area contributed by atoms with Gasteiger partial charge < -0.3 is 9.30 Å². The lowest BCUT2D eigenvalue weighted by Crippen LogP contribution is -1.99. The first-order chi connectivity index (χ1) is 15.1. The largest absolute Gasteiger partial charge is 0.497 e. The molecule has 0 aliphatic rings. The number of ether oxygens (including phenoxy) is 1. The quantitative estimate of drug-likeness (QED) is 0.350. The number of methoxy groups -OCH3 is 1. The Morgan fingerprint density at radius 1 is 0.806 bits per heavy atom. The van der Waals surface area contributed by atoms with Crippen molar-refractivity contribution in [1.29, 1.82) is 0 Å². The van der Waals surface area contributed by atoms with Crippen LogP contribution in [0.2, 0.25) is 0 Å². The molecule has 0 fully saturated rings. The van der Waals surface area contributed by atoms with E-state index in [9.17, 15) is 0 Å². The smallest absolute Gasteiger partial charge is 0.215 e. The van der Waals surface area contributed by atoms with Crippen molar-refractivity contribution in [3.05, 3.63) is 102 Å². The summed E-state index contributed by atoms with van der Waals surface area (Å²) < 4.78 is 9.81. The van der Waals surface area contributed by atoms with Crippen LogP contribution in [0.4, 0.5) is 0 Å². The second-order valence-electron chi connectivity index (χ2n) is 7.90. The predicted octanol–water partition coefficient (Wildman–Crippen LogP) is 6.14. The molecule has 4 heteroatoms. The topological polar surface area (TPSA) is 31.5 Å². The predicted molar refractivity (Wildman–Crippen MR) is 126 cm³/mol. The van der Waals surface area contributed by atoms with E-state index >= 15 is 0 Å². The molecule has 2 heterocycles. The molecule has 0 unspecified atom stereocenters. The van der Waals surface area contributed by atoms with E-state index in [0.717, 1.165) is 40.7 Å². The zero-order chi connectivity index (χ0) is 21.4. The lowest BCUT2D eigenvalue weighted by molar-refractivity contribution is 0.414. The van der Waals surface area contributed by atoms with Crippen molar-refractivity contribution in [3.63, 3.8) is 0 Å². The van der Waals surface area contributed by atoms with Crippen LogP contribution < -0.4 is 4.74 Å². The number of benzene rings is 3. The summed E-state index contributed by atoms with van der Waals surface area (Å²) in [6, 6.07) is 27.3. The summed E-state index contributed by atoms with van der Waals surface area (Å²) in [6.07, 6.45) is 2.20. The van der Waals surface area contributed by atoms with Gasteiger partial charge in [0, 0.05) is 23.0 Å². The molecule has 0 aliphatic heterocycles. The molecule has 0 bridgehead atoms. The first kappa shape index (κ1) is 19.2. The molecule has 0 amide bonds. The maximum absolute atomic E-state index is 5.30. The Hall–Kier alpha value is -3.79. The van der Waals surface area contributed by atoms with Crippen molar-refractivity contribution in [1.82, 2.24) is 14.0 Å². The van der Waals surface area contributed by atoms with Gasteiger partial charge in [-0.15, -0.1) is 0 Å². The summed E-state index contributed by atoms with van der Waals surface area (Å²) in [5, 5.41) is 0. The highest BCUT2D eigenvalue weighted by Crippen LogP contribution is 2.31. The van der Waals surface area contributed by atoms with Gasteiger partial charge in [-0.2, -0.15) is 0 Å². The minimum Gasteiger partial charge on any atom is -0.497 e. The van der Waals surface area contributed by atoms with Gasteiger partial charge in [0.2, 0.25) is 5.78 Å². The third-order valence-corrected chi connectivity index (χ3v) is 5.77. The first-order valence-corrected chi connectivity index (χ1v) is 10.5. The summed E-state index contributed by atoms with van der Waals surface area (Å²) in [7, 11) is 1.69. The van der Waals surface area contributed by atoms with Crippen LogP contribution >= 0.6 is 0 Å². The standard InChI is InChI=1S/C27H25N3O/c1-19-9-13-23(14-10-19)26-20(2)30-25(22-7-5-4-6-8-22)18-29(27(30)28-26)17-21-11-15-24(31-3)16-12-21/h4-16,18H,17H2,1-3H3. The average molecular weight is 408 g/mol. The summed E-state index contributed by atoms with van der Waals surface area (Å²) >= 11 is 0. The van der Waals surface area contributed by atoms with Crippen LogP contribution in [0.5, 0.6) is 5.75 Å². The summed E-state index contributed by atoms with van der Waals surface area (Å²) in [6.45, 7) is 5.00. The summed E-state index contributed by atoms with van der Waals surface area (Å²) in [5.41, 5.74) is 8.09. The number of hydrogen-bond donors (Lipinski definition) is 0. The highest BCUT2D eigenvalue weighted by Gasteiger charge is 2.19. The molecular formula is C27H25N3O. The molecule has 0 spiro atoms. The van der Waals surface area contributed by atoms with Crippen LogP contribution in [0.3, 0.4) is 0 Å². The number of nitrogens with zero attached hydrogens (tertiary/aromatic N) is 3. The maximum Gasteiger partial charge on any atom is 0.215 e. The summed E-state index contributed by atoms with van der Waals surface area (Å²) in [5.74, 6) is 1.81. The first-order valence-electron chi connectivity index (χ1n) is 10.5. The number of aryl methyl sites for hydroxylation is 2. The van der Waals surface area contributed by atoms with E-state index in [4.69, 9.17) is 9.72 Å². The molecule has 4 nitrogen and oxygen atoms in total. The molecule has 0 atom stereocenters. The van der Waals surface area contributed by atoms with Crippen molar-refractivity contribution < 1.29 is 4.74 Å². The SMILES string of the molecule is COc1ccc(Cn2cc(-c3ccccc3)n3c(C)c(-c4ccc(C)cc4)nc23)cc1. The highest BCUT2D eigenvalue weighted by atomic mass is 16.5. The fourth-order valence-corrected chi connectivity index (χ4v) is 4.07. The van der Waals surface area contributed by atoms with Gasteiger partial charge in [-0.25, -0.2) is 4.98 Å². The van der Waals surface area contributed by atoms with E-state index in [1.807, 2.05) is 18.2 Å². The molecule has 2 aromatic heterocycles. The Labute approximate surface area is 182 Å². The number of imidazole rings is 2. The zero-order valence-corrected chi connectivity index (χ0v) is 18.0. The monoisotopic (exact) mass is 407 g/mol. The van der Waals surface area contributed by atoms with Crippen molar-refractivity contribution in [2.75, 3.05) is 7.11 Å². The molecule has 0 aliphatic carbocycles. The summed E-state index contributed by atoms with van der Waals surface area (Å²) in [4.78, 5) is 5.09. The molecular weight excluding hydrogens is 382 g/mol. The van der Waals surface area contributed by atoms with E-state index in [-0.39, 0.29) is 0 Å². The third kappa shape index (κ3) is 3.50. The Kier molecular flexibility index (Phi) is 4.83. The minimum absolute atomic E-state index is 0.740. The maximum atomic E-state index is 5.30. The van der Waals surface area contributed by atoms with E-state index in [0.29, 0.717) is 0 Å². The van der Waals surface area contributed by atoms with Crippen LogP contribution in [0.1, 0.15) is 16.8 Å². The number of rotatable bonds is 5. The van der Waals surface area contributed by atoms with Crippen molar-refractivity contribution >= 4 is 5.78 Å². The van der Waals surface area contributed by atoms with Crippen LogP contribution in [-0.2, 0) is 6.54 Å². The Morgan fingerprint density at radius 2 is 1.52 bits per heavy atom. The van der Waals surface area contributed by atoms with Gasteiger partial charge in [0.1, 0.15) is 5.75 Å². The molecule has 3 aromatic carbocycles. The van der Waals surface area contributed by atoms with E-state index in [1.165, 1.54) is 16.7 Å². The molecule has 154 valence electrons. The van der Waals surface area contributed by atoms with Crippen LogP contribution in [-0.4, -0.2) is 21.1 Å². The van der Waals surface area contributed by atoms with E-state index < -0.39 is 0 Å². The van der Waals surface area contributed by atoms with Gasteiger partial charge >= 0.3 is 0 Å². The molecule has 0 saturated heterocycles. The van der Waals surface area contributed by atoms with Gasteiger partial charge in [0.15, 0.2) is 0 Å². The van der Waals surface area contributed by atoms with Gasteiger partial charge in [-0.1, -0.05) is 72.3 Å². The molecule has 5 rings (SSSR count). The Morgan fingerprint density at radius 3 is 2.19 bits per heavy atom. The lowest BCUT2D eigenvalue weighted by Gasteiger charge is -2.05. The fourth-order valence-electron chi connectivity index (χ4n) is 4.07. The van der Waals surface area contributed by atoms with Gasteiger partial charge in [0.05, 0.1) is 25.0 Å². The van der Waals surface area contributed by atoms with Crippen LogP contribution in [0.25, 0.3) is 28.3 Å². The van der Waals surface area contributed by atoms with Crippen molar-refractivity contribution in [3.8, 4) is 28.3 Å². The zero-order valence-electron chi connectivity index (χ0n) is 18.0. The van der Waals surface area contributed by atoms with Crippen molar-refractivity contribution in [2.45, 2.75) is 20.4 Å². The number of fused-ring (bicyclic) bond motifs is 1. The Balaban J connectivity index is 1.67. The molecule has 5 aromatic rings. The highest BCUT2D eigenvalue weighted by molar-refractivity contribution is 5.71. The van der Waals surface area contributed by atoms with Gasteiger partial charge in [-0.05, 0) is 31.5 Å². The molecule has 31 heavy (non-hydrogen) atoms.